The Morgan fingerprint density at radius 2 is 1.95 bits per heavy atom. The molecule has 1 aromatic carbocycles. The van der Waals surface area contributed by atoms with E-state index in [0.29, 0.717) is 17.1 Å². The van der Waals surface area contributed by atoms with Crippen LogP contribution in [0.5, 0.6) is 11.5 Å². The minimum atomic E-state index is -1.05. The van der Waals surface area contributed by atoms with Crippen molar-refractivity contribution >= 4 is 11.6 Å². The second-order valence-corrected chi connectivity index (χ2v) is 4.68. The number of nitrogens with zero attached hydrogens (tertiary/aromatic N) is 2. The van der Waals surface area contributed by atoms with E-state index in [-0.39, 0.29) is 5.69 Å². The predicted octanol–water partition coefficient (Wildman–Crippen LogP) is 2.72. The van der Waals surface area contributed by atoms with Crippen LogP contribution in [0.3, 0.4) is 0 Å². The van der Waals surface area contributed by atoms with Gasteiger partial charge in [0.1, 0.15) is 17.1 Å². The summed E-state index contributed by atoms with van der Waals surface area (Å²) in [6.45, 7) is 0. The maximum absolute atomic E-state index is 11.0. The molecule has 6 nitrogen and oxygen atoms in total. The first-order valence-corrected chi connectivity index (χ1v) is 6.57. The van der Waals surface area contributed by atoms with Gasteiger partial charge in [0.2, 0.25) is 0 Å². The molecule has 112 valence electrons. The molecule has 3 aromatic rings. The number of hydrogen-bond acceptors (Lipinski definition) is 4. The second-order valence-electron chi connectivity index (χ2n) is 4.68. The highest BCUT2D eigenvalue weighted by Crippen LogP contribution is 2.33. The van der Waals surface area contributed by atoms with Crippen LogP contribution in [0.15, 0.2) is 42.7 Å². The maximum Gasteiger partial charge on any atom is 0.356 e. The van der Waals surface area contributed by atoms with Gasteiger partial charge in [-0.2, -0.15) is 0 Å². The van der Waals surface area contributed by atoms with Crippen LogP contribution in [-0.4, -0.2) is 34.7 Å². The number of imidazole rings is 1. The third kappa shape index (κ3) is 2.35. The molecule has 0 aliphatic carbocycles. The smallest absolute Gasteiger partial charge is 0.356 e. The van der Waals surface area contributed by atoms with Gasteiger partial charge in [-0.1, -0.05) is 0 Å². The Bertz CT molecular complexity index is 854. The van der Waals surface area contributed by atoms with Crippen molar-refractivity contribution in [3.8, 4) is 22.6 Å². The van der Waals surface area contributed by atoms with Gasteiger partial charge in [0.15, 0.2) is 5.69 Å². The average molecular weight is 298 g/mol. The van der Waals surface area contributed by atoms with E-state index in [0.717, 1.165) is 11.1 Å². The zero-order valence-electron chi connectivity index (χ0n) is 12.1. The maximum atomic E-state index is 11.0. The summed E-state index contributed by atoms with van der Waals surface area (Å²) in [5.41, 5.74) is 2.37. The van der Waals surface area contributed by atoms with Gasteiger partial charge >= 0.3 is 5.97 Å². The number of carboxylic acids is 1. The van der Waals surface area contributed by atoms with Gasteiger partial charge < -0.3 is 19.0 Å². The SMILES string of the molecule is COc1ccc(-c2ccc3nc(C(=O)O)cn3c2)c(OC)c1. The van der Waals surface area contributed by atoms with E-state index in [1.54, 1.807) is 30.8 Å². The zero-order valence-corrected chi connectivity index (χ0v) is 12.1. The molecule has 6 heteroatoms. The highest BCUT2D eigenvalue weighted by molar-refractivity contribution is 5.86. The van der Waals surface area contributed by atoms with Crippen molar-refractivity contribution in [3.05, 3.63) is 48.4 Å². The normalized spacial score (nSPS) is 10.6. The molecule has 0 saturated carbocycles. The highest BCUT2D eigenvalue weighted by atomic mass is 16.5. The molecule has 0 saturated heterocycles. The van der Waals surface area contributed by atoms with E-state index < -0.39 is 5.97 Å². The van der Waals surface area contributed by atoms with E-state index in [2.05, 4.69) is 4.98 Å². The Morgan fingerprint density at radius 3 is 2.64 bits per heavy atom. The van der Waals surface area contributed by atoms with Crippen LogP contribution in [0.25, 0.3) is 16.8 Å². The van der Waals surface area contributed by atoms with Crippen molar-refractivity contribution in [2.75, 3.05) is 14.2 Å². The van der Waals surface area contributed by atoms with Gasteiger partial charge in [-0.3, -0.25) is 0 Å². The molecule has 0 fully saturated rings. The van der Waals surface area contributed by atoms with E-state index in [9.17, 15) is 4.79 Å². The van der Waals surface area contributed by atoms with E-state index >= 15 is 0 Å². The molecule has 3 rings (SSSR count). The molecule has 0 spiro atoms. The Hall–Kier alpha value is -3.02. The van der Waals surface area contributed by atoms with Gasteiger partial charge in [-0.05, 0) is 24.3 Å². The predicted molar refractivity (Wildman–Crippen MR) is 80.7 cm³/mol. The topological polar surface area (TPSA) is 73.1 Å². The molecule has 0 unspecified atom stereocenters. The quantitative estimate of drug-likeness (QED) is 0.801. The lowest BCUT2D eigenvalue weighted by Gasteiger charge is -2.10. The lowest BCUT2D eigenvalue weighted by molar-refractivity contribution is 0.0691. The summed E-state index contributed by atoms with van der Waals surface area (Å²) in [4.78, 5) is 15.0. The van der Waals surface area contributed by atoms with Crippen molar-refractivity contribution in [2.24, 2.45) is 0 Å². The van der Waals surface area contributed by atoms with Crippen LogP contribution >= 0.6 is 0 Å². The van der Waals surface area contributed by atoms with Crippen LogP contribution in [-0.2, 0) is 0 Å². The van der Waals surface area contributed by atoms with Crippen LogP contribution in [0, 0.1) is 0 Å². The number of carboxylic acid groups (broad SMARTS) is 1. The summed E-state index contributed by atoms with van der Waals surface area (Å²) >= 11 is 0. The van der Waals surface area contributed by atoms with E-state index in [1.165, 1.54) is 6.20 Å². The molecule has 22 heavy (non-hydrogen) atoms. The van der Waals surface area contributed by atoms with Gasteiger partial charge in [-0.25, -0.2) is 9.78 Å². The fourth-order valence-corrected chi connectivity index (χ4v) is 2.29. The van der Waals surface area contributed by atoms with Gasteiger partial charge in [0, 0.05) is 29.6 Å². The van der Waals surface area contributed by atoms with Crippen molar-refractivity contribution in [2.45, 2.75) is 0 Å². The van der Waals surface area contributed by atoms with Gasteiger partial charge in [0.05, 0.1) is 14.2 Å². The fraction of sp³-hybridized carbons (Fsp3) is 0.125. The first-order chi connectivity index (χ1) is 10.6. The summed E-state index contributed by atoms with van der Waals surface area (Å²) in [7, 11) is 3.19. The Kier molecular flexibility index (Phi) is 3.42. The lowest BCUT2D eigenvalue weighted by atomic mass is 10.1. The summed E-state index contributed by atoms with van der Waals surface area (Å²) in [6.07, 6.45) is 3.30. The molecule has 0 atom stereocenters. The number of rotatable bonds is 4. The number of carbonyl (C=O) groups is 1. The summed E-state index contributed by atoms with van der Waals surface area (Å²) < 4.78 is 12.3. The minimum Gasteiger partial charge on any atom is -0.497 e. The number of benzene rings is 1. The summed E-state index contributed by atoms with van der Waals surface area (Å²) in [5.74, 6) is 0.335. The molecule has 0 aliphatic heterocycles. The molecule has 2 aromatic heterocycles. The summed E-state index contributed by atoms with van der Waals surface area (Å²) in [6, 6.07) is 9.19. The molecule has 2 heterocycles. The molecular formula is C16H14N2O4. The Morgan fingerprint density at radius 1 is 1.14 bits per heavy atom. The molecule has 1 N–H and O–H groups in total. The van der Waals surface area contributed by atoms with Gasteiger partial charge in [-0.15, -0.1) is 0 Å². The van der Waals surface area contributed by atoms with Crippen LogP contribution in [0.4, 0.5) is 0 Å². The van der Waals surface area contributed by atoms with Crippen LogP contribution in [0.2, 0.25) is 0 Å². The molecule has 0 bridgehead atoms. The lowest BCUT2D eigenvalue weighted by Crippen LogP contribution is -1.94. The number of hydrogen-bond donors (Lipinski definition) is 1. The van der Waals surface area contributed by atoms with E-state index in [1.807, 2.05) is 24.4 Å². The highest BCUT2D eigenvalue weighted by Gasteiger charge is 2.11. The first kappa shape index (κ1) is 13.9. The number of aromatic nitrogens is 2. The van der Waals surface area contributed by atoms with E-state index in [4.69, 9.17) is 14.6 Å². The molecule has 0 radical (unpaired) electrons. The number of aromatic carboxylic acids is 1. The van der Waals surface area contributed by atoms with Gasteiger partial charge in [0.25, 0.3) is 0 Å². The van der Waals surface area contributed by atoms with Crippen molar-refractivity contribution < 1.29 is 19.4 Å². The average Bonchev–Trinajstić information content (AvgIpc) is 2.97. The number of ether oxygens (including phenoxy) is 2. The second kappa shape index (κ2) is 5.40. The van der Waals surface area contributed by atoms with Crippen LogP contribution < -0.4 is 9.47 Å². The molecular weight excluding hydrogens is 284 g/mol. The first-order valence-electron chi connectivity index (χ1n) is 6.57. The minimum absolute atomic E-state index is 0.0128. The Labute approximate surface area is 126 Å². The fourth-order valence-electron chi connectivity index (χ4n) is 2.29. The van der Waals surface area contributed by atoms with Crippen molar-refractivity contribution in [3.63, 3.8) is 0 Å². The number of pyridine rings is 1. The van der Waals surface area contributed by atoms with Crippen molar-refractivity contribution in [1.29, 1.82) is 0 Å². The number of fused-ring (bicyclic) bond motifs is 1. The summed E-state index contributed by atoms with van der Waals surface area (Å²) in [5, 5.41) is 9.00. The largest absolute Gasteiger partial charge is 0.497 e. The third-order valence-electron chi connectivity index (χ3n) is 3.39. The van der Waals surface area contributed by atoms with Crippen molar-refractivity contribution in [1.82, 2.24) is 9.38 Å². The standard InChI is InChI=1S/C16H14N2O4/c1-21-11-4-5-12(14(7-11)22-2)10-3-6-15-17-13(16(19)20)9-18(15)8-10/h3-9H,1-2H3,(H,19,20). The van der Waals surface area contributed by atoms with Crippen LogP contribution in [0.1, 0.15) is 10.5 Å². The zero-order chi connectivity index (χ0) is 15.7. The molecule has 0 amide bonds. The Balaban J connectivity index is 2.11. The third-order valence-corrected chi connectivity index (χ3v) is 3.39. The number of methoxy groups -OCH3 is 2. The monoisotopic (exact) mass is 298 g/mol. The molecule has 0 aliphatic rings.